The van der Waals surface area contributed by atoms with Gasteiger partial charge in [-0.1, -0.05) is 68.4 Å². The lowest BCUT2D eigenvalue weighted by Crippen LogP contribution is -1.99. The molecule has 20 heavy (non-hydrogen) atoms. The largest absolute Gasteiger partial charge is 0.388 e. The van der Waals surface area contributed by atoms with Gasteiger partial charge in [-0.15, -0.1) is 0 Å². The van der Waals surface area contributed by atoms with E-state index >= 15 is 0 Å². The summed E-state index contributed by atoms with van der Waals surface area (Å²) in [5, 5.41) is 10.2. The number of rotatable bonds is 6. The SMILES string of the molecule is CCC(C)c1ccc(CCC(O)c2ccccc2)cc1. The first kappa shape index (κ1) is 14.8. The normalized spacial score (nSPS) is 13.9. The Labute approximate surface area is 122 Å². The molecule has 0 heterocycles. The molecular weight excluding hydrogens is 244 g/mol. The third kappa shape index (κ3) is 3.94. The van der Waals surface area contributed by atoms with Crippen molar-refractivity contribution in [2.75, 3.05) is 0 Å². The van der Waals surface area contributed by atoms with Gasteiger partial charge in [0.05, 0.1) is 6.10 Å². The van der Waals surface area contributed by atoms with Crippen molar-refractivity contribution < 1.29 is 5.11 Å². The van der Waals surface area contributed by atoms with Crippen LogP contribution in [0.3, 0.4) is 0 Å². The Kier molecular flexibility index (Phi) is 5.37. The van der Waals surface area contributed by atoms with Gasteiger partial charge in [0.15, 0.2) is 0 Å². The molecule has 2 atom stereocenters. The Bertz CT molecular complexity index is 501. The van der Waals surface area contributed by atoms with Crippen molar-refractivity contribution in [2.24, 2.45) is 0 Å². The van der Waals surface area contributed by atoms with Crippen molar-refractivity contribution in [1.82, 2.24) is 0 Å². The predicted molar refractivity (Wildman–Crippen MR) is 84.9 cm³/mol. The first-order valence-corrected chi connectivity index (χ1v) is 7.52. The summed E-state index contributed by atoms with van der Waals surface area (Å²) in [6.45, 7) is 4.48. The topological polar surface area (TPSA) is 20.2 Å². The van der Waals surface area contributed by atoms with Crippen LogP contribution in [-0.2, 0) is 6.42 Å². The van der Waals surface area contributed by atoms with Crippen molar-refractivity contribution in [3.8, 4) is 0 Å². The van der Waals surface area contributed by atoms with Crippen LogP contribution >= 0.6 is 0 Å². The molecule has 0 aliphatic carbocycles. The van der Waals surface area contributed by atoms with E-state index in [1.165, 1.54) is 17.5 Å². The minimum absolute atomic E-state index is 0.370. The molecule has 0 saturated carbocycles. The zero-order valence-corrected chi connectivity index (χ0v) is 12.4. The van der Waals surface area contributed by atoms with Gasteiger partial charge in [0, 0.05) is 0 Å². The van der Waals surface area contributed by atoms with Gasteiger partial charge in [0.25, 0.3) is 0 Å². The van der Waals surface area contributed by atoms with Crippen molar-refractivity contribution >= 4 is 0 Å². The summed E-state index contributed by atoms with van der Waals surface area (Å²) < 4.78 is 0. The van der Waals surface area contributed by atoms with Crippen LogP contribution in [0.25, 0.3) is 0 Å². The maximum atomic E-state index is 10.2. The Hall–Kier alpha value is -1.60. The van der Waals surface area contributed by atoms with Crippen LogP contribution in [0.5, 0.6) is 0 Å². The van der Waals surface area contributed by atoms with Gasteiger partial charge in [-0.3, -0.25) is 0 Å². The first-order valence-electron chi connectivity index (χ1n) is 7.52. The Morgan fingerprint density at radius 2 is 1.55 bits per heavy atom. The standard InChI is InChI=1S/C19H24O/c1-3-15(2)17-12-9-16(10-13-17)11-14-19(20)18-7-5-4-6-8-18/h4-10,12-13,15,19-20H,3,11,14H2,1-2H3. The molecule has 2 unspecified atom stereocenters. The molecule has 0 spiro atoms. The molecule has 0 aliphatic rings. The average molecular weight is 268 g/mol. The molecule has 0 fully saturated rings. The molecule has 2 rings (SSSR count). The van der Waals surface area contributed by atoms with Gasteiger partial charge in [0.1, 0.15) is 0 Å². The highest BCUT2D eigenvalue weighted by molar-refractivity contribution is 5.25. The molecule has 1 nitrogen and oxygen atoms in total. The Morgan fingerprint density at radius 3 is 2.15 bits per heavy atom. The minimum Gasteiger partial charge on any atom is -0.388 e. The van der Waals surface area contributed by atoms with E-state index in [0.29, 0.717) is 5.92 Å². The summed E-state index contributed by atoms with van der Waals surface area (Å²) in [5.74, 6) is 0.624. The van der Waals surface area contributed by atoms with Crippen LogP contribution in [-0.4, -0.2) is 5.11 Å². The summed E-state index contributed by atoms with van der Waals surface area (Å²) in [4.78, 5) is 0. The van der Waals surface area contributed by atoms with Crippen molar-refractivity contribution in [3.63, 3.8) is 0 Å². The highest BCUT2D eigenvalue weighted by Gasteiger charge is 2.07. The number of hydrogen-bond donors (Lipinski definition) is 1. The van der Waals surface area contributed by atoms with E-state index in [0.717, 1.165) is 18.4 Å². The van der Waals surface area contributed by atoms with Gasteiger partial charge >= 0.3 is 0 Å². The second kappa shape index (κ2) is 7.25. The summed E-state index contributed by atoms with van der Waals surface area (Å²) in [6.07, 6.45) is 2.49. The van der Waals surface area contributed by atoms with Crippen LogP contribution in [0.15, 0.2) is 54.6 Å². The van der Waals surface area contributed by atoms with Crippen LogP contribution in [0.2, 0.25) is 0 Å². The Morgan fingerprint density at radius 1 is 0.900 bits per heavy atom. The second-order valence-electron chi connectivity index (χ2n) is 5.52. The summed E-state index contributed by atoms with van der Waals surface area (Å²) in [5.41, 5.74) is 3.70. The van der Waals surface area contributed by atoms with Crippen molar-refractivity contribution in [1.29, 1.82) is 0 Å². The molecular formula is C19H24O. The maximum absolute atomic E-state index is 10.2. The molecule has 1 heteroatoms. The van der Waals surface area contributed by atoms with E-state index < -0.39 is 0 Å². The van der Waals surface area contributed by atoms with Crippen LogP contribution in [0, 0.1) is 0 Å². The second-order valence-corrected chi connectivity index (χ2v) is 5.52. The zero-order chi connectivity index (χ0) is 14.4. The predicted octanol–water partition coefficient (Wildman–Crippen LogP) is 4.87. The summed E-state index contributed by atoms with van der Waals surface area (Å²) in [7, 11) is 0. The maximum Gasteiger partial charge on any atom is 0.0793 e. The molecule has 0 aliphatic heterocycles. The van der Waals surface area contributed by atoms with E-state index in [1.54, 1.807) is 0 Å². The number of aryl methyl sites for hydroxylation is 1. The summed E-state index contributed by atoms with van der Waals surface area (Å²) >= 11 is 0. The molecule has 0 radical (unpaired) electrons. The lowest BCUT2D eigenvalue weighted by atomic mass is 9.96. The highest BCUT2D eigenvalue weighted by Crippen LogP contribution is 2.21. The van der Waals surface area contributed by atoms with E-state index in [1.807, 2.05) is 30.3 Å². The van der Waals surface area contributed by atoms with E-state index in [4.69, 9.17) is 0 Å². The fraction of sp³-hybridized carbons (Fsp3) is 0.368. The molecule has 1 N–H and O–H groups in total. The van der Waals surface area contributed by atoms with Gasteiger partial charge in [-0.05, 0) is 41.9 Å². The van der Waals surface area contributed by atoms with Gasteiger partial charge in [0.2, 0.25) is 0 Å². The number of benzene rings is 2. The highest BCUT2D eigenvalue weighted by atomic mass is 16.3. The smallest absolute Gasteiger partial charge is 0.0793 e. The molecule has 106 valence electrons. The van der Waals surface area contributed by atoms with Gasteiger partial charge in [-0.25, -0.2) is 0 Å². The van der Waals surface area contributed by atoms with Crippen LogP contribution in [0.4, 0.5) is 0 Å². The van der Waals surface area contributed by atoms with Crippen LogP contribution < -0.4 is 0 Å². The Balaban J connectivity index is 1.91. The molecule has 0 saturated heterocycles. The van der Waals surface area contributed by atoms with Gasteiger partial charge in [-0.2, -0.15) is 0 Å². The van der Waals surface area contributed by atoms with Crippen molar-refractivity contribution in [3.05, 3.63) is 71.3 Å². The van der Waals surface area contributed by atoms with Crippen molar-refractivity contribution in [2.45, 2.75) is 45.1 Å². The molecule has 0 bridgehead atoms. The molecule has 0 amide bonds. The summed E-state index contributed by atoms with van der Waals surface area (Å²) in [6, 6.07) is 18.7. The first-order chi connectivity index (χ1) is 9.70. The van der Waals surface area contributed by atoms with E-state index in [2.05, 4.69) is 38.1 Å². The number of aliphatic hydroxyl groups is 1. The average Bonchev–Trinajstić information content (AvgIpc) is 2.53. The fourth-order valence-corrected chi connectivity index (χ4v) is 2.39. The lowest BCUT2D eigenvalue weighted by molar-refractivity contribution is 0.168. The molecule has 0 aromatic heterocycles. The number of hydrogen-bond acceptors (Lipinski definition) is 1. The number of aliphatic hydroxyl groups excluding tert-OH is 1. The van der Waals surface area contributed by atoms with Crippen LogP contribution in [0.1, 0.15) is 55.4 Å². The lowest BCUT2D eigenvalue weighted by Gasteiger charge is -2.12. The van der Waals surface area contributed by atoms with E-state index in [-0.39, 0.29) is 6.10 Å². The third-order valence-corrected chi connectivity index (χ3v) is 4.05. The monoisotopic (exact) mass is 268 g/mol. The molecule has 2 aromatic carbocycles. The van der Waals surface area contributed by atoms with Gasteiger partial charge < -0.3 is 5.11 Å². The van der Waals surface area contributed by atoms with E-state index in [9.17, 15) is 5.11 Å². The minimum atomic E-state index is -0.370. The fourth-order valence-electron chi connectivity index (χ4n) is 2.39. The third-order valence-electron chi connectivity index (χ3n) is 4.05. The molecule has 2 aromatic rings. The quantitative estimate of drug-likeness (QED) is 0.792. The zero-order valence-electron chi connectivity index (χ0n) is 12.4.